The number of phenolic OH excluding ortho intramolecular Hbond substituents is 4. The lowest BCUT2D eigenvalue weighted by Crippen LogP contribution is -2.39. The average Bonchev–Trinajstić information content (AvgIpc) is 0.944. The first-order valence-corrected chi connectivity index (χ1v) is 31.0. The zero-order valence-corrected chi connectivity index (χ0v) is 50.8. The van der Waals surface area contributed by atoms with Gasteiger partial charge in [-0.15, -0.1) is 0 Å². The van der Waals surface area contributed by atoms with Crippen LogP contribution in [-0.4, -0.2) is 54.8 Å². The lowest BCUT2D eigenvalue weighted by Gasteiger charge is -2.42. The molecule has 0 saturated heterocycles. The van der Waals surface area contributed by atoms with E-state index in [0.717, 1.165) is 106 Å². The van der Waals surface area contributed by atoms with E-state index in [-0.39, 0.29) is 23.3 Å². The molecule has 3 atom stereocenters. The van der Waals surface area contributed by atoms with Crippen molar-refractivity contribution < 1.29 is 34.6 Å². The first kappa shape index (κ1) is 57.5. The van der Waals surface area contributed by atoms with Gasteiger partial charge in [0.05, 0.1) is 0 Å². The summed E-state index contributed by atoms with van der Waals surface area (Å²) in [6.45, 7) is 17.9. The van der Waals surface area contributed by atoms with Gasteiger partial charge in [-0.25, -0.2) is 0 Å². The second-order valence-electron chi connectivity index (χ2n) is 25.0. The van der Waals surface area contributed by atoms with Gasteiger partial charge in [0.2, 0.25) is 0 Å². The summed E-state index contributed by atoms with van der Waals surface area (Å²) in [5.74, 6) is 2.73. The van der Waals surface area contributed by atoms with E-state index in [1.165, 1.54) is 83.5 Å². The molecule has 15 rings (SSSR count). The zero-order chi connectivity index (χ0) is 59.9. The normalized spacial score (nSPS) is 17.9. The van der Waals surface area contributed by atoms with Gasteiger partial charge in [-0.3, -0.25) is 14.7 Å². The van der Waals surface area contributed by atoms with Crippen LogP contribution in [0.25, 0.3) is 0 Å². The summed E-state index contributed by atoms with van der Waals surface area (Å²) in [5.41, 5.74) is 25.6. The topological polar surface area (TPSA) is 118 Å². The molecule has 0 amide bonds. The van der Waals surface area contributed by atoms with Crippen molar-refractivity contribution in [2.45, 2.75) is 131 Å². The second kappa shape index (κ2) is 24.7. The predicted octanol–water partition coefficient (Wildman–Crippen LogP) is 15.1. The first-order chi connectivity index (χ1) is 42.2. The lowest BCUT2D eigenvalue weighted by molar-refractivity contribution is 0.160. The Morgan fingerprint density at radius 1 is 0.322 bits per heavy atom. The van der Waals surface area contributed by atoms with Crippen LogP contribution in [0.5, 0.6) is 40.2 Å². The number of fused-ring (bicyclic) bond motifs is 12. The van der Waals surface area contributed by atoms with Gasteiger partial charge in [0.25, 0.3) is 0 Å². The van der Waals surface area contributed by atoms with Crippen molar-refractivity contribution in [3.05, 3.63) is 275 Å². The molecule has 6 heterocycles. The van der Waals surface area contributed by atoms with Crippen LogP contribution in [0.2, 0.25) is 0 Å². The van der Waals surface area contributed by atoms with Gasteiger partial charge in [-0.2, -0.15) is 0 Å². The van der Waals surface area contributed by atoms with Crippen molar-refractivity contribution in [2.24, 2.45) is 0 Å². The molecule has 10 nitrogen and oxygen atoms in total. The third-order valence-electron chi connectivity index (χ3n) is 19.3. The fourth-order valence-electron chi connectivity index (χ4n) is 14.1. The standard InChI is InChI=1S/2C26H27NO2.C25H25NO3/c2*1-17-10-20-8-9-27-15-22-14-26(29-16-19-6-4-3-5-7-19)25(28)13-21(22)12-24(27)23(20)11-18(17)2;1-16-9-18-7-8-26-14-20-12-25(29-15-17-5-3-2-4-6-17)24(28)11-19(20)10-22(26)21(18)13-23(16)27/h2*3-7,10-11,13-14,24,28H,8-9,12,15-16H2,1-2H3;2-6,9,11-13,22,27-28H,7-8,10,14-15H2,1H3/t2*24-;/m10./s1. The highest BCUT2D eigenvalue weighted by Gasteiger charge is 2.36. The molecule has 10 heteroatoms. The van der Waals surface area contributed by atoms with E-state index in [4.69, 9.17) is 14.2 Å². The van der Waals surface area contributed by atoms with Gasteiger partial charge in [0.15, 0.2) is 34.5 Å². The number of aromatic hydroxyl groups is 4. The molecule has 0 saturated carbocycles. The van der Waals surface area contributed by atoms with Crippen LogP contribution in [0.15, 0.2) is 164 Å². The van der Waals surface area contributed by atoms with Crippen LogP contribution in [0.1, 0.15) is 129 Å². The Bertz CT molecular complexity index is 3590. The van der Waals surface area contributed by atoms with E-state index in [1.807, 2.05) is 140 Å². The van der Waals surface area contributed by atoms with Crippen LogP contribution in [-0.2, 0) is 78.0 Å². The molecular formula is C77H79N3O7. The number of aryl methyl sites for hydroxylation is 5. The number of phenols is 4. The molecular weight excluding hydrogens is 1080 g/mol. The van der Waals surface area contributed by atoms with E-state index in [1.54, 1.807) is 0 Å². The monoisotopic (exact) mass is 1160 g/mol. The SMILES string of the molecule is Cc1cc2c(cc1C)[C@@H]1Cc3cc(O)c(OCc4ccccc4)cc3CN1CC2.Cc1cc2c(cc1C)[C@H]1Cc3cc(O)c(OCc4ccccc4)cc3CN1CC2.Cc1cc2c(cc1O)C1Cc3cc(O)c(OCc4ccccc4)cc3CN1CC2. The molecule has 6 aliphatic rings. The molecule has 0 aliphatic carbocycles. The fourth-order valence-corrected chi connectivity index (χ4v) is 14.1. The fraction of sp³-hybridized carbons (Fsp3) is 0.299. The smallest absolute Gasteiger partial charge is 0.161 e. The minimum atomic E-state index is 0.191. The summed E-state index contributed by atoms with van der Waals surface area (Å²) in [6, 6.07) is 56.5. The van der Waals surface area contributed by atoms with Crippen molar-refractivity contribution in [1.82, 2.24) is 14.7 Å². The number of ether oxygens (including phenoxy) is 3. The van der Waals surface area contributed by atoms with Crippen LogP contribution in [0.4, 0.5) is 0 Å². The van der Waals surface area contributed by atoms with Crippen molar-refractivity contribution in [3.63, 3.8) is 0 Å². The van der Waals surface area contributed by atoms with Gasteiger partial charge < -0.3 is 34.6 Å². The van der Waals surface area contributed by atoms with Gasteiger partial charge in [0, 0.05) is 57.4 Å². The van der Waals surface area contributed by atoms with E-state index < -0.39 is 0 Å². The number of hydrogen-bond donors (Lipinski definition) is 4. The Morgan fingerprint density at radius 2 is 0.621 bits per heavy atom. The van der Waals surface area contributed by atoms with Gasteiger partial charge in [-0.05, 0) is 227 Å². The van der Waals surface area contributed by atoms with Crippen LogP contribution in [0, 0.1) is 34.6 Å². The number of benzene rings is 9. The van der Waals surface area contributed by atoms with Crippen molar-refractivity contribution in [2.75, 3.05) is 19.6 Å². The Morgan fingerprint density at radius 3 is 0.954 bits per heavy atom. The minimum absolute atomic E-state index is 0.191. The van der Waals surface area contributed by atoms with E-state index in [9.17, 15) is 20.4 Å². The van der Waals surface area contributed by atoms with E-state index in [0.29, 0.717) is 54.9 Å². The number of rotatable bonds is 9. The van der Waals surface area contributed by atoms with Gasteiger partial charge in [-0.1, -0.05) is 121 Å². The Balaban J connectivity index is 0.000000121. The minimum Gasteiger partial charge on any atom is -0.508 e. The second-order valence-corrected chi connectivity index (χ2v) is 25.0. The Kier molecular flexibility index (Phi) is 16.3. The molecule has 1 unspecified atom stereocenters. The highest BCUT2D eigenvalue weighted by Crippen LogP contribution is 2.46. The summed E-state index contributed by atoms with van der Waals surface area (Å²) >= 11 is 0. The molecule has 87 heavy (non-hydrogen) atoms. The number of nitrogens with zero attached hydrogens (tertiary/aromatic N) is 3. The summed E-state index contributed by atoms with van der Waals surface area (Å²) < 4.78 is 17.8. The largest absolute Gasteiger partial charge is 0.508 e. The highest BCUT2D eigenvalue weighted by atomic mass is 16.5. The van der Waals surface area contributed by atoms with Crippen molar-refractivity contribution in [3.8, 4) is 40.2 Å². The zero-order valence-electron chi connectivity index (χ0n) is 50.8. The third kappa shape index (κ3) is 12.3. The molecule has 444 valence electrons. The van der Waals surface area contributed by atoms with Gasteiger partial charge >= 0.3 is 0 Å². The molecule has 0 radical (unpaired) electrons. The maximum atomic E-state index is 10.6. The van der Waals surface area contributed by atoms with Crippen LogP contribution in [0.3, 0.4) is 0 Å². The molecule has 0 spiro atoms. The average molecular weight is 1160 g/mol. The first-order valence-electron chi connectivity index (χ1n) is 31.0. The molecule has 4 N–H and O–H groups in total. The Hall–Kier alpha value is -8.54. The van der Waals surface area contributed by atoms with Crippen molar-refractivity contribution in [1.29, 1.82) is 0 Å². The predicted molar refractivity (Wildman–Crippen MR) is 343 cm³/mol. The lowest BCUT2D eigenvalue weighted by atomic mass is 9.82. The summed E-state index contributed by atoms with van der Waals surface area (Å²) in [4.78, 5) is 7.63. The summed E-state index contributed by atoms with van der Waals surface area (Å²) in [7, 11) is 0. The van der Waals surface area contributed by atoms with Crippen LogP contribution < -0.4 is 14.2 Å². The third-order valence-corrected chi connectivity index (χ3v) is 19.3. The van der Waals surface area contributed by atoms with E-state index >= 15 is 0 Å². The Labute approximate surface area is 512 Å². The summed E-state index contributed by atoms with van der Waals surface area (Å²) in [6.07, 6.45) is 5.93. The molecule has 9 aromatic carbocycles. The van der Waals surface area contributed by atoms with Crippen LogP contribution >= 0.6 is 0 Å². The van der Waals surface area contributed by atoms with Gasteiger partial charge in [0.1, 0.15) is 25.6 Å². The number of hydrogen-bond acceptors (Lipinski definition) is 10. The quantitative estimate of drug-likeness (QED) is 0.111. The maximum Gasteiger partial charge on any atom is 0.161 e. The van der Waals surface area contributed by atoms with Crippen molar-refractivity contribution >= 4 is 0 Å². The molecule has 0 bridgehead atoms. The molecule has 6 aliphatic heterocycles. The highest BCUT2D eigenvalue weighted by molar-refractivity contribution is 5.54. The molecule has 0 fully saturated rings. The summed E-state index contributed by atoms with van der Waals surface area (Å²) in [5, 5.41) is 41.9. The molecule has 0 aromatic heterocycles. The molecule has 9 aromatic rings. The maximum absolute atomic E-state index is 10.6. The van der Waals surface area contributed by atoms with E-state index in [2.05, 4.69) is 72.7 Å².